The Morgan fingerprint density at radius 3 is 2.67 bits per heavy atom. The summed E-state index contributed by atoms with van der Waals surface area (Å²) in [5.74, 6) is -0.567. The predicted molar refractivity (Wildman–Crippen MR) is 79.3 cm³/mol. The lowest BCUT2D eigenvalue weighted by atomic mass is 10.1. The van der Waals surface area contributed by atoms with E-state index in [2.05, 4.69) is 10.4 Å². The second kappa shape index (κ2) is 6.39. The molecule has 1 atom stereocenters. The van der Waals surface area contributed by atoms with Crippen molar-refractivity contribution >= 4 is 11.6 Å². The Labute approximate surface area is 123 Å². The van der Waals surface area contributed by atoms with Crippen LogP contribution in [0.1, 0.15) is 29.9 Å². The third-order valence-corrected chi connectivity index (χ3v) is 3.16. The number of carbonyl (C=O) groups excluding carboxylic acids is 1. The van der Waals surface area contributed by atoms with Gasteiger partial charge in [-0.25, -0.2) is 4.39 Å². The molecule has 0 aliphatic heterocycles. The highest BCUT2D eigenvalue weighted by molar-refractivity contribution is 5.97. The van der Waals surface area contributed by atoms with Crippen LogP contribution in [0.3, 0.4) is 0 Å². The summed E-state index contributed by atoms with van der Waals surface area (Å²) in [7, 11) is 0. The van der Waals surface area contributed by atoms with Gasteiger partial charge in [0.15, 0.2) is 5.69 Å². The fourth-order valence-corrected chi connectivity index (χ4v) is 2.09. The van der Waals surface area contributed by atoms with E-state index in [1.54, 1.807) is 23.0 Å². The van der Waals surface area contributed by atoms with Crippen LogP contribution in [0.15, 0.2) is 30.5 Å². The third-order valence-electron chi connectivity index (χ3n) is 3.16. The maximum absolute atomic E-state index is 12.8. The van der Waals surface area contributed by atoms with E-state index >= 15 is 0 Å². The molecule has 0 bridgehead atoms. The van der Waals surface area contributed by atoms with Gasteiger partial charge in [-0.05, 0) is 38.0 Å². The summed E-state index contributed by atoms with van der Waals surface area (Å²) in [6, 6.07) is 6.13. The summed E-state index contributed by atoms with van der Waals surface area (Å²) in [5.41, 5.74) is 7.33. The van der Waals surface area contributed by atoms with E-state index in [0.29, 0.717) is 18.7 Å². The number of nitrogen functional groups attached to an aromatic ring is 1. The van der Waals surface area contributed by atoms with Crippen LogP contribution in [0, 0.1) is 5.82 Å². The van der Waals surface area contributed by atoms with Crippen LogP contribution in [-0.4, -0.2) is 21.7 Å². The summed E-state index contributed by atoms with van der Waals surface area (Å²) in [6.07, 6.45) is 2.25. The van der Waals surface area contributed by atoms with Gasteiger partial charge in [0, 0.05) is 18.8 Å². The quantitative estimate of drug-likeness (QED) is 0.884. The number of hydrogen-bond donors (Lipinski definition) is 2. The molecule has 2 aromatic rings. The van der Waals surface area contributed by atoms with Gasteiger partial charge in [-0.3, -0.25) is 9.48 Å². The molecule has 0 fully saturated rings. The number of benzene rings is 1. The second-order valence-electron chi connectivity index (χ2n) is 4.99. The lowest BCUT2D eigenvalue weighted by molar-refractivity contribution is 0.0935. The van der Waals surface area contributed by atoms with Gasteiger partial charge in [0.1, 0.15) is 5.82 Å². The maximum atomic E-state index is 12.8. The van der Waals surface area contributed by atoms with Crippen molar-refractivity contribution in [2.24, 2.45) is 0 Å². The molecule has 21 heavy (non-hydrogen) atoms. The molecule has 2 rings (SSSR count). The highest BCUT2D eigenvalue weighted by atomic mass is 19.1. The molecule has 1 amide bonds. The van der Waals surface area contributed by atoms with Gasteiger partial charge in [0.25, 0.3) is 5.91 Å². The number of aryl methyl sites for hydroxylation is 1. The molecular formula is C15H19FN4O. The lowest BCUT2D eigenvalue weighted by Gasteiger charge is -2.13. The van der Waals surface area contributed by atoms with Gasteiger partial charge in [-0.1, -0.05) is 12.1 Å². The lowest BCUT2D eigenvalue weighted by Crippen LogP contribution is -2.34. The Bertz CT molecular complexity index is 621. The number of amides is 1. The van der Waals surface area contributed by atoms with E-state index in [-0.39, 0.29) is 23.5 Å². The van der Waals surface area contributed by atoms with Gasteiger partial charge in [-0.2, -0.15) is 5.10 Å². The Morgan fingerprint density at radius 2 is 2.10 bits per heavy atom. The summed E-state index contributed by atoms with van der Waals surface area (Å²) >= 11 is 0. The molecule has 112 valence electrons. The standard InChI is InChI=1S/C15H19FN4O/c1-3-20-9-13(17)14(19-20)15(21)18-10(2)8-11-4-6-12(16)7-5-11/h4-7,9-10H,3,8,17H2,1-2H3,(H,18,21). The normalized spacial score (nSPS) is 12.1. The minimum Gasteiger partial charge on any atom is -0.396 e. The zero-order valence-electron chi connectivity index (χ0n) is 12.1. The molecule has 1 heterocycles. The summed E-state index contributed by atoms with van der Waals surface area (Å²) in [5, 5.41) is 6.98. The number of carbonyl (C=O) groups is 1. The van der Waals surface area contributed by atoms with Crippen LogP contribution in [0.5, 0.6) is 0 Å². The van der Waals surface area contributed by atoms with Gasteiger partial charge >= 0.3 is 0 Å². The van der Waals surface area contributed by atoms with E-state index in [1.165, 1.54) is 12.1 Å². The average molecular weight is 290 g/mol. The van der Waals surface area contributed by atoms with Crippen molar-refractivity contribution in [3.05, 3.63) is 47.5 Å². The Morgan fingerprint density at radius 1 is 1.43 bits per heavy atom. The fourth-order valence-electron chi connectivity index (χ4n) is 2.09. The van der Waals surface area contributed by atoms with Crippen molar-refractivity contribution < 1.29 is 9.18 Å². The molecule has 1 unspecified atom stereocenters. The predicted octanol–water partition coefficient (Wildman–Crippen LogP) is 1.99. The van der Waals surface area contributed by atoms with Crippen molar-refractivity contribution in [1.29, 1.82) is 0 Å². The highest BCUT2D eigenvalue weighted by Crippen LogP contribution is 2.10. The summed E-state index contributed by atoms with van der Waals surface area (Å²) < 4.78 is 14.5. The van der Waals surface area contributed by atoms with E-state index in [1.807, 2.05) is 13.8 Å². The zero-order chi connectivity index (χ0) is 15.4. The zero-order valence-corrected chi connectivity index (χ0v) is 12.1. The minimum absolute atomic E-state index is 0.103. The molecule has 0 aliphatic rings. The van der Waals surface area contributed by atoms with E-state index in [9.17, 15) is 9.18 Å². The van der Waals surface area contributed by atoms with Gasteiger partial charge in [0.05, 0.1) is 5.69 Å². The van der Waals surface area contributed by atoms with Crippen LogP contribution >= 0.6 is 0 Å². The molecule has 0 saturated carbocycles. The Balaban J connectivity index is 1.98. The van der Waals surface area contributed by atoms with Crippen LogP contribution in [0.4, 0.5) is 10.1 Å². The van der Waals surface area contributed by atoms with Crippen LogP contribution in [-0.2, 0) is 13.0 Å². The molecular weight excluding hydrogens is 271 g/mol. The molecule has 0 saturated heterocycles. The van der Waals surface area contributed by atoms with Crippen molar-refractivity contribution in [1.82, 2.24) is 15.1 Å². The summed E-state index contributed by atoms with van der Waals surface area (Å²) in [4.78, 5) is 12.1. The number of nitrogens with zero attached hydrogens (tertiary/aromatic N) is 2. The largest absolute Gasteiger partial charge is 0.396 e. The van der Waals surface area contributed by atoms with Crippen LogP contribution in [0.25, 0.3) is 0 Å². The van der Waals surface area contributed by atoms with Crippen LogP contribution < -0.4 is 11.1 Å². The number of hydrogen-bond acceptors (Lipinski definition) is 3. The number of anilines is 1. The monoisotopic (exact) mass is 290 g/mol. The fraction of sp³-hybridized carbons (Fsp3) is 0.333. The maximum Gasteiger partial charge on any atom is 0.274 e. The van der Waals surface area contributed by atoms with Crippen molar-refractivity contribution in [2.45, 2.75) is 32.9 Å². The number of nitrogens with two attached hydrogens (primary N) is 1. The number of rotatable bonds is 5. The molecule has 0 spiro atoms. The second-order valence-corrected chi connectivity index (χ2v) is 4.99. The molecule has 6 heteroatoms. The SMILES string of the molecule is CCn1cc(N)c(C(=O)NC(C)Cc2ccc(F)cc2)n1. The first-order valence-electron chi connectivity index (χ1n) is 6.87. The third kappa shape index (κ3) is 3.81. The molecule has 5 nitrogen and oxygen atoms in total. The van der Waals surface area contributed by atoms with E-state index < -0.39 is 0 Å². The summed E-state index contributed by atoms with van der Waals surface area (Å²) in [6.45, 7) is 4.46. The molecule has 3 N–H and O–H groups in total. The number of nitrogens with one attached hydrogen (secondary N) is 1. The average Bonchev–Trinajstić information content (AvgIpc) is 2.82. The highest BCUT2D eigenvalue weighted by Gasteiger charge is 2.16. The minimum atomic E-state index is -0.297. The smallest absolute Gasteiger partial charge is 0.274 e. The van der Waals surface area contributed by atoms with E-state index in [0.717, 1.165) is 5.56 Å². The van der Waals surface area contributed by atoms with Crippen molar-refractivity contribution in [2.75, 3.05) is 5.73 Å². The Kier molecular flexibility index (Phi) is 4.57. The first kappa shape index (κ1) is 15.0. The number of halogens is 1. The molecule has 0 aliphatic carbocycles. The van der Waals surface area contributed by atoms with Gasteiger partial charge < -0.3 is 11.1 Å². The first-order chi connectivity index (χ1) is 9.99. The Hall–Kier alpha value is -2.37. The van der Waals surface area contributed by atoms with Gasteiger partial charge in [0.2, 0.25) is 0 Å². The van der Waals surface area contributed by atoms with Crippen LogP contribution in [0.2, 0.25) is 0 Å². The van der Waals surface area contributed by atoms with Crippen molar-refractivity contribution in [3.63, 3.8) is 0 Å². The van der Waals surface area contributed by atoms with Gasteiger partial charge in [-0.15, -0.1) is 0 Å². The van der Waals surface area contributed by atoms with Crippen molar-refractivity contribution in [3.8, 4) is 0 Å². The first-order valence-corrected chi connectivity index (χ1v) is 6.87. The molecule has 1 aromatic carbocycles. The van der Waals surface area contributed by atoms with E-state index in [4.69, 9.17) is 5.73 Å². The number of aromatic nitrogens is 2. The molecule has 1 aromatic heterocycles. The topological polar surface area (TPSA) is 72.9 Å². The molecule has 0 radical (unpaired) electrons.